The van der Waals surface area contributed by atoms with E-state index < -0.39 is 6.10 Å². The zero-order valence-electron chi connectivity index (χ0n) is 17.3. The van der Waals surface area contributed by atoms with Gasteiger partial charge in [0.2, 0.25) is 5.95 Å². The molecule has 0 saturated carbocycles. The number of aliphatic hydroxyl groups is 1. The number of imidazole rings is 1. The SMILES string of the molecule is CCCCCn1cnc2c(NCc3cc(C)ccc3O)nc(NCC(C)O)nc21. The average Bonchev–Trinajstić information content (AvgIpc) is 3.10. The summed E-state index contributed by atoms with van der Waals surface area (Å²) in [6.07, 6.45) is 4.64. The van der Waals surface area contributed by atoms with Crippen LogP contribution in [0.25, 0.3) is 11.2 Å². The van der Waals surface area contributed by atoms with Crippen molar-refractivity contribution >= 4 is 22.9 Å². The highest BCUT2D eigenvalue weighted by atomic mass is 16.3. The van der Waals surface area contributed by atoms with Crippen molar-refractivity contribution in [1.29, 1.82) is 0 Å². The van der Waals surface area contributed by atoms with Gasteiger partial charge >= 0.3 is 0 Å². The number of aromatic nitrogens is 4. The van der Waals surface area contributed by atoms with E-state index in [4.69, 9.17) is 0 Å². The van der Waals surface area contributed by atoms with Gasteiger partial charge in [-0.25, -0.2) is 4.98 Å². The minimum atomic E-state index is -0.510. The van der Waals surface area contributed by atoms with Gasteiger partial charge in [-0.2, -0.15) is 9.97 Å². The number of hydrogen-bond acceptors (Lipinski definition) is 7. The molecule has 4 N–H and O–H groups in total. The highest BCUT2D eigenvalue weighted by Crippen LogP contribution is 2.24. The molecular weight excluding hydrogens is 368 g/mol. The van der Waals surface area contributed by atoms with Crippen LogP contribution in [0.5, 0.6) is 5.75 Å². The van der Waals surface area contributed by atoms with Crippen molar-refractivity contribution < 1.29 is 10.2 Å². The first-order chi connectivity index (χ1) is 14.0. The Morgan fingerprint density at radius 1 is 1.17 bits per heavy atom. The van der Waals surface area contributed by atoms with Gasteiger partial charge in [0.15, 0.2) is 17.0 Å². The summed E-state index contributed by atoms with van der Waals surface area (Å²) in [4.78, 5) is 13.7. The second kappa shape index (κ2) is 9.56. The quantitative estimate of drug-likeness (QED) is 0.387. The van der Waals surface area contributed by atoms with Crippen LogP contribution >= 0.6 is 0 Å². The van der Waals surface area contributed by atoms with Gasteiger partial charge in [-0.1, -0.05) is 37.5 Å². The maximum absolute atomic E-state index is 10.1. The second-order valence-electron chi connectivity index (χ2n) is 7.43. The predicted molar refractivity (Wildman–Crippen MR) is 115 cm³/mol. The lowest BCUT2D eigenvalue weighted by Gasteiger charge is -2.12. The first kappa shape index (κ1) is 20.9. The van der Waals surface area contributed by atoms with Crippen LogP contribution in [0.1, 0.15) is 44.2 Å². The fourth-order valence-electron chi connectivity index (χ4n) is 3.12. The lowest BCUT2D eigenvalue weighted by Crippen LogP contribution is -2.17. The number of unbranched alkanes of at least 4 members (excludes halogenated alkanes) is 2. The molecule has 0 fully saturated rings. The van der Waals surface area contributed by atoms with E-state index in [1.165, 1.54) is 0 Å². The fourth-order valence-corrected chi connectivity index (χ4v) is 3.12. The molecule has 3 rings (SSSR count). The number of rotatable bonds is 10. The van der Waals surface area contributed by atoms with Crippen molar-refractivity contribution in [3.05, 3.63) is 35.7 Å². The van der Waals surface area contributed by atoms with Crippen molar-refractivity contribution in [2.24, 2.45) is 0 Å². The largest absolute Gasteiger partial charge is 0.508 e. The van der Waals surface area contributed by atoms with Gasteiger partial charge in [0.1, 0.15) is 5.75 Å². The maximum Gasteiger partial charge on any atom is 0.226 e. The molecule has 2 aromatic heterocycles. The number of fused-ring (bicyclic) bond motifs is 1. The third kappa shape index (κ3) is 5.35. The third-order valence-corrected chi connectivity index (χ3v) is 4.70. The van der Waals surface area contributed by atoms with Crippen LogP contribution in [0.3, 0.4) is 0 Å². The number of aryl methyl sites for hydroxylation is 2. The highest BCUT2D eigenvalue weighted by Gasteiger charge is 2.14. The van der Waals surface area contributed by atoms with Crippen LogP contribution in [-0.2, 0) is 13.1 Å². The first-order valence-corrected chi connectivity index (χ1v) is 10.1. The monoisotopic (exact) mass is 398 g/mol. The van der Waals surface area contributed by atoms with E-state index in [2.05, 4.69) is 32.5 Å². The van der Waals surface area contributed by atoms with E-state index in [1.54, 1.807) is 19.3 Å². The minimum Gasteiger partial charge on any atom is -0.508 e. The van der Waals surface area contributed by atoms with Gasteiger partial charge in [-0.05, 0) is 26.3 Å². The minimum absolute atomic E-state index is 0.242. The number of nitrogens with one attached hydrogen (secondary N) is 2. The van der Waals surface area contributed by atoms with Gasteiger partial charge in [0.05, 0.1) is 12.4 Å². The van der Waals surface area contributed by atoms with Gasteiger partial charge in [0, 0.05) is 25.2 Å². The topological polar surface area (TPSA) is 108 Å². The molecule has 3 aromatic rings. The lowest BCUT2D eigenvalue weighted by molar-refractivity contribution is 0.208. The van der Waals surface area contributed by atoms with Crippen LogP contribution in [0.4, 0.5) is 11.8 Å². The molecule has 1 unspecified atom stereocenters. The van der Waals surface area contributed by atoms with E-state index in [1.807, 2.05) is 23.6 Å². The zero-order valence-corrected chi connectivity index (χ0v) is 17.3. The van der Waals surface area contributed by atoms with Crippen LogP contribution in [0.2, 0.25) is 0 Å². The number of aliphatic hydroxyl groups excluding tert-OH is 1. The molecule has 0 spiro atoms. The summed E-state index contributed by atoms with van der Waals surface area (Å²) < 4.78 is 2.04. The van der Waals surface area contributed by atoms with Crippen molar-refractivity contribution in [3.8, 4) is 5.75 Å². The summed E-state index contributed by atoms with van der Waals surface area (Å²) in [5.74, 6) is 1.27. The molecule has 2 heterocycles. The number of anilines is 2. The molecule has 8 nitrogen and oxygen atoms in total. The maximum atomic E-state index is 10.1. The molecule has 0 amide bonds. The van der Waals surface area contributed by atoms with Crippen LogP contribution < -0.4 is 10.6 Å². The predicted octanol–water partition coefficient (Wildman–Crippen LogP) is 3.44. The Morgan fingerprint density at radius 2 is 2.00 bits per heavy atom. The molecule has 1 aromatic carbocycles. The van der Waals surface area contributed by atoms with Crippen molar-refractivity contribution in [3.63, 3.8) is 0 Å². The van der Waals surface area contributed by atoms with E-state index in [0.717, 1.165) is 42.6 Å². The first-order valence-electron chi connectivity index (χ1n) is 10.1. The third-order valence-electron chi connectivity index (χ3n) is 4.70. The van der Waals surface area contributed by atoms with Crippen LogP contribution in [-0.4, -0.2) is 42.4 Å². The summed E-state index contributed by atoms with van der Waals surface area (Å²) in [7, 11) is 0. The molecule has 0 radical (unpaired) electrons. The Labute approximate surface area is 171 Å². The molecule has 0 saturated heterocycles. The Bertz CT molecular complexity index is 954. The van der Waals surface area contributed by atoms with Crippen molar-refractivity contribution in [2.45, 2.75) is 59.2 Å². The number of phenolic OH excluding ortho intramolecular Hbond substituents is 1. The summed E-state index contributed by atoms with van der Waals surface area (Å²) >= 11 is 0. The molecule has 0 aliphatic rings. The van der Waals surface area contributed by atoms with E-state index >= 15 is 0 Å². The Kier molecular flexibility index (Phi) is 6.87. The zero-order chi connectivity index (χ0) is 20.8. The molecular formula is C21H30N6O2. The summed E-state index contributed by atoms with van der Waals surface area (Å²) in [5, 5.41) is 26.1. The Balaban J connectivity index is 1.89. The van der Waals surface area contributed by atoms with E-state index in [0.29, 0.717) is 30.4 Å². The standard InChI is InChI=1S/C21H30N6O2/c1-4-5-6-9-27-13-24-18-19(22-12-16-10-14(2)7-8-17(16)29)25-21(26-20(18)27)23-11-15(3)28/h7-8,10,13,15,28-29H,4-6,9,11-12H2,1-3H3,(H2,22,23,25,26). The number of phenols is 1. The van der Waals surface area contributed by atoms with Crippen molar-refractivity contribution in [1.82, 2.24) is 19.5 Å². The molecule has 29 heavy (non-hydrogen) atoms. The Hall–Kier alpha value is -2.87. The normalized spacial score (nSPS) is 12.3. The molecule has 8 heteroatoms. The van der Waals surface area contributed by atoms with Gasteiger partial charge in [0.25, 0.3) is 0 Å². The summed E-state index contributed by atoms with van der Waals surface area (Å²) in [6.45, 7) is 7.48. The number of benzene rings is 1. The fraction of sp³-hybridized carbons (Fsp3) is 0.476. The van der Waals surface area contributed by atoms with E-state index in [9.17, 15) is 10.2 Å². The summed E-state index contributed by atoms with van der Waals surface area (Å²) in [6, 6.07) is 5.51. The van der Waals surface area contributed by atoms with Gasteiger partial charge < -0.3 is 25.4 Å². The lowest BCUT2D eigenvalue weighted by atomic mass is 10.1. The average molecular weight is 399 g/mol. The van der Waals surface area contributed by atoms with Crippen LogP contribution in [0, 0.1) is 6.92 Å². The highest BCUT2D eigenvalue weighted by molar-refractivity contribution is 5.84. The Morgan fingerprint density at radius 3 is 2.76 bits per heavy atom. The smallest absolute Gasteiger partial charge is 0.226 e. The molecule has 0 aliphatic heterocycles. The number of hydrogen-bond donors (Lipinski definition) is 4. The van der Waals surface area contributed by atoms with E-state index in [-0.39, 0.29) is 5.75 Å². The van der Waals surface area contributed by atoms with Crippen molar-refractivity contribution in [2.75, 3.05) is 17.2 Å². The van der Waals surface area contributed by atoms with Gasteiger partial charge in [-0.3, -0.25) is 0 Å². The summed E-state index contributed by atoms with van der Waals surface area (Å²) in [5.41, 5.74) is 3.31. The molecule has 1 atom stereocenters. The molecule has 0 bridgehead atoms. The van der Waals surface area contributed by atoms with Crippen LogP contribution in [0.15, 0.2) is 24.5 Å². The molecule has 156 valence electrons. The number of aromatic hydroxyl groups is 1. The van der Waals surface area contributed by atoms with Gasteiger partial charge in [-0.15, -0.1) is 0 Å². The second-order valence-corrected chi connectivity index (χ2v) is 7.43. The number of nitrogens with zero attached hydrogens (tertiary/aromatic N) is 4. The molecule has 0 aliphatic carbocycles.